The first kappa shape index (κ1) is 21.1. The molecule has 0 aliphatic heterocycles. The molecule has 0 aromatic heterocycles. The van der Waals surface area contributed by atoms with Crippen LogP contribution in [-0.2, 0) is 17.9 Å². The highest BCUT2D eigenvalue weighted by Crippen LogP contribution is 2.30. The lowest BCUT2D eigenvalue weighted by molar-refractivity contribution is -0.140. The molecular weight excluding hydrogens is 393 g/mol. The van der Waals surface area contributed by atoms with Gasteiger partial charge in [0.25, 0.3) is 0 Å². The van der Waals surface area contributed by atoms with Crippen LogP contribution in [0.2, 0.25) is 5.02 Å². The van der Waals surface area contributed by atoms with Gasteiger partial charge in [0, 0.05) is 17.7 Å². The molecule has 0 aliphatic rings. The molecular formula is C23H23ClFNO3. The maximum Gasteiger partial charge on any atom is 0.320 e. The zero-order valence-electron chi connectivity index (χ0n) is 16.3. The number of carboxylic acids is 1. The maximum absolute atomic E-state index is 14.1. The molecule has 29 heavy (non-hydrogen) atoms. The molecule has 0 radical (unpaired) electrons. The summed E-state index contributed by atoms with van der Waals surface area (Å²) in [4.78, 5) is 11.5. The Hall–Kier alpha value is -2.63. The van der Waals surface area contributed by atoms with Crippen molar-refractivity contribution in [1.82, 2.24) is 5.32 Å². The van der Waals surface area contributed by atoms with E-state index >= 15 is 0 Å². The van der Waals surface area contributed by atoms with E-state index in [4.69, 9.17) is 16.3 Å². The topological polar surface area (TPSA) is 58.6 Å². The Balaban J connectivity index is 1.92. The highest BCUT2D eigenvalue weighted by molar-refractivity contribution is 6.31. The Morgan fingerprint density at radius 3 is 2.55 bits per heavy atom. The second kappa shape index (κ2) is 9.25. The second-order valence-corrected chi connectivity index (χ2v) is 7.60. The molecule has 1 atom stereocenters. The number of carbonyl (C=O) groups is 1. The minimum Gasteiger partial charge on any atom is -0.488 e. The number of benzene rings is 3. The number of hydrogen-bond donors (Lipinski definition) is 2. The predicted octanol–water partition coefficient (Wildman–Crippen LogP) is 5.41. The standard InChI is InChI=1S/C23H23ClFNO3/c1-14(2)22(23(27)28)26-12-17-16-7-4-3-6-15(16)10-11-21(17)29-13-18-19(24)8-5-9-20(18)25/h3-11,14,22,26H,12-13H2,1-2H3,(H,27,28). The zero-order chi connectivity index (χ0) is 21.0. The van der Waals surface area contributed by atoms with E-state index in [0.29, 0.717) is 17.3 Å². The largest absolute Gasteiger partial charge is 0.488 e. The van der Waals surface area contributed by atoms with Crippen LogP contribution in [0.15, 0.2) is 54.6 Å². The van der Waals surface area contributed by atoms with Gasteiger partial charge in [-0.05, 0) is 34.9 Å². The van der Waals surface area contributed by atoms with Gasteiger partial charge < -0.3 is 9.84 Å². The minimum absolute atomic E-state index is 0.0244. The van der Waals surface area contributed by atoms with Crippen LogP contribution in [0.25, 0.3) is 10.8 Å². The smallest absolute Gasteiger partial charge is 0.320 e. The summed E-state index contributed by atoms with van der Waals surface area (Å²) in [5.74, 6) is -0.850. The van der Waals surface area contributed by atoms with Gasteiger partial charge in [-0.2, -0.15) is 0 Å². The first-order valence-electron chi connectivity index (χ1n) is 9.41. The van der Waals surface area contributed by atoms with Crippen LogP contribution in [0.5, 0.6) is 5.75 Å². The molecule has 3 rings (SSSR count). The van der Waals surface area contributed by atoms with Crippen LogP contribution in [-0.4, -0.2) is 17.1 Å². The molecule has 4 nitrogen and oxygen atoms in total. The second-order valence-electron chi connectivity index (χ2n) is 7.19. The summed E-state index contributed by atoms with van der Waals surface area (Å²) in [6.45, 7) is 3.99. The van der Waals surface area contributed by atoms with Crippen LogP contribution in [0.4, 0.5) is 4.39 Å². The van der Waals surface area contributed by atoms with Gasteiger partial charge in [0.15, 0.2) is 0 Å². The lowest BCUT2D eigenvalue weighted by Crippen LogP contribution is -2.40. The number of hydrogen-bond acceptors (Lipinski definition) is 3. The van der Waals surface area contributed by atoms with E-state index in [2.05, 4.69) is 5.32 Å². The number of ether oxygens (including phenoxy) is 1. The SMILES string of the molecule is CC(C)C(NCc1c(OCc2c(F)cccc2Cl)ccc2ccccc12)C(=O)O. The summed E-state index contributed by atoms with van der Waals surface area (Å²) in [5.41, 5.74) is 1.11. The van der Waals surface area contributed by atoms with E-state index < -0.39 is 17.8 Å². The molecule has 0 fully saturated rings. The Morgan fingerprint density at radius 1 is 1.10 bits per heavy atom. The van der Waals surface area contributed by atoms with Crippen molar-refractivity contribution in [3.05, 3.63) is 76.6 Å². The molecule has 0 bridgehead atoms. The number of rotatable bonds is 8. The van der Waals surface area contributed by atoms with Crippen LogP contribution in [0, 0.1) is 11.7 Å². The summed E-state index contributed by atoms with van der Waals surface area (Å²) < 4.78 is 20.0. The van der Waals surface area contributed by atoms with Gasteiger partial charge in [-0.15, -0.1) is 0 Å². The van der Waals surface area contributed by atoms with Crippen LogP contribution >= 0.6 is 11.6 Å². The lowest BCUT2D eigenvalue weighted by atomic mass is 10.0. The number of halogens is 2. The van der Waals surface area contributed by atoms with Crippen LogP contribution in [0.1, 0.15) is 25.0 Å². The third-order valence-electron chi connectivity index (χ3n) is 4.86. The molecule has 0 spiro atoms. The normalized spacial score (nSPS) is 12.3. The molecule has 0 saturated carbocycles. The molecule has 6 heteroatoms. The van der Waals surface area contributed by atoms with Gasteiger partial charge in [-0.25, -0.2) is 4.39 Å². The van der Waals surface area contributed by atoms with Crippen molar-refractivity contribution in [3.8, 4) is 5.75 Å². The Kier molecular flexibility index (Phi) is 6.72. The fourth-order valence-electron chi connectivity index (χ4n) is 3.27. The third-order valence-corrected chi connectivity index (χ3v) is 5.22. The summed E-state index contributed by atoms with van der Waals surface area (Å²) in [5, 5.41) is 14.8. The average Bonchev–Trinajstić information content (AvgIpc) is 2.68. The number of fused-ring (bicyclic) bond motifs is 1. The van der Waals surface area contributed by atoms with Crippen molar-refractivity contribution in [2.45, 2.75) is 33.0 Å². The van der Waals surface area contributed by atoms with Crippen molar-refractivity contribution in [1.29, 1.82) is 0 Å². The van der Waals surface area contributed by atoms with E-state index in [1.165, 1.54) is 6.07 Å². The highest BCUT2D eigenvalue weighted by Gasteiger charge is 2.22. The number of aliphatic carboxylic acids is 1. The van der Waals surface area contributed by atoms with Crippen LogP contribution < -0.4 is 10.1 Å². The van der Waals surface area contributed by atoms with Crippen molar-refractivity contribution in [2.75, 3.05) is 0 Å². The highest BCUT2D eigenvalue weighted by atomic mass is 35.5. The van der Waals surface area contributed by atoms with Gasteiger partial charge in [-0.3, -0.25) is 10.1 Å². The number of nitrogens with one attached hydrogen (secondary N) is 1. The quantitative estimate of drug-likeness (QED) is 0.516. The molecule has 3 aromatic carbocycles. The minimum atomic E-state index is -0.902. The molecule has 1 unspecified atom stereocenters. The van der Waals surface area contributed by atoms with E-state index in [9.17, 15) is 14.3 Å². The molecule has 3 aromatic rings. The lowest BCUT2D eigenvalue weighted by Gasteiger charge is -2.20. The van der Waals surface area contributed by atoms with Gasteiger partial charge in [-0.1, -0.05) is 61.8 Å². The predicted molar refractivity (Wildman–Crippen MR) is 113 cm³/mol. The first-order chi connectivity index (χ1) is 13.9. The van der Waals surface area contributed by atoms with Crippen molar-refractivity contribution < 1.29 is 19.0 Å². The molecule has 2 N–H and O–H groups in total. The molecule has 152 valence electrons. The van der Waals surface area contributed by atoms with Crippen molar-refractivity contribution in [3.63, 3.8) is 0 Å². The van der Waals surface area contributed by atoms with E-state index in [1.807, 2.05) is 50.2 Å². The summed E-state index contributed by atoms with van der Waals surface area (Å²) in [6, 6.07) is 15.3. The van der Waals surface area contributed by atoms with E-state index in [-0.39, 0.29) is 18.1 Å². The fraction of sp³-hybridized carbons (Fsp3) is 0.261. The molecule has 0 saturated heterocycles. The Morgan fingerprint density at radius 2 is 1.86 bits per heavy atom. The van der Waals surface area contributed by atoms with Crippen molar-refractivity contribution in [2.24, 2.45) is 5.92 Å². The molecule has 0 heterocycles. The van der Waals surface area contributed by atoms with Gasteiger partial charge in [0.05, 0.1) is 5.02 Å². The van der Waals surface area contributed by atoms with Crippen molar-refractivity contribution >= 4 is 28.3 Å². The number of carboxylic acid groups (broad SMARTS) is 1. The molecule has 0 amide bonds. The Labute approximate surface area is 174 Å². The first-order valence-corrected chi connectivity index (χ1v) is 9.78. The van der Waals surface area contributed by atoms with E-state index in [1.54, 1.807) is 12.1 Å². The van der Waals surface area contributed by atoms with Gasteiger partial charge >= 0.3 is 5.97 Å². The third kappa shape index (κ3) is 4.86. The monoisotopic (exact) mass is 415 g/mol. The summed E-state index contributed by atoms with van der Waals surface area (Å²) in [7, 11) is 0. The maximum atomic E-state index is 14.1. The summed E-state index contributed by atoms with van der Waals surface area (Å²) >= 11 is 6.11. The Bertz CT molecular complexity index is 1000. The van der Waals surface area contributed by atoms with Gasteiger partial charge in [0.1, 0.15) is 24.2 Å². The summed E-state index contributed by atoms with van der Waals surface area (Å²) in [6.07, 6.45) is 0. The van der Waals surface area contributed by atoms with Gasteiger partial charge in [0.2, 0.25) is 0 Å². The van der Waals surface area contributed by atoms with Crippen LogP contribution in [0.3, 0.4) is 0 Å². The zero-order valence-corrected chi connectivity index (χ0v) is 17.0. The average molecular weight is 416 g/mol. The molecule has 0 aliphatic carbocycles. The fourth-order valence-corrected chi connectivity index (χ4v) is 3.49. The van der Waals surface area contributed by atoms with E-state index in [0.717, 1.165) is 16.3 Å².